The molecule has 1 amide bonds. The highest BCUT2D eigenvalue weighted by molar-refractivity contribution is 5.98. The fourth-order valence-electron chi connectivity index (χ4n) is 2.18. The van der Waals surface area contributed by atoms with E-state index in [1.54, 1.807) is 0 Å². The highest BCUT2D eigenvalue weighted by atomic mass is 19.4. The Kier molecular flexibility index (Phi) is 3.64. The van der Waals surface area contributed by atoms with Crippen molar-refractivity contribution in [3.63, 3.8) is 0 Å². The van der Waals surface area contributed by atoms with E-state index in [9.17, 15) is 18.0 Å². The third kappa shape index (κ3) is 2.97. The number of anilines is 1. The molecule has 1 aromatic rings. The number of halogens is 3. The minimum atomic E-state index is -4.26. The van der Waals surface area contributed by atoms with Crippen molar-refractivity contribution in [3.8, 4) is 0 Å². The van der Waals surface area contributed by atoms with E-state index in [0.717, 1.165) is 0 Å². The summed E-state index contributed by atoms with van der Waals surface area (Å²) < 4.78 is 38.1. The van der Waals surface area contributed by atoms with E-state index in [0.29, 0.717) is 13.0 Å². The number of nitrogen functional groups attached to an aromatic ring is 1. The number of carbonyl (C=O) groups is 1. The Bertz CT molecular complexity index is 476. The monoisotopic (exact) mass is 273 g/mol. The second kappa shape index (κ2) is 5.07. The van der Waals surface area contributed by atoms with Crippen molar-refractivity contribution in [2.24, 2.45) is 5.92 Å². The minimum Gasteiger partial charge on any atom is -0.398 e. The van der Waals surface area contributed by atoms with Crippen LogP contribution >= 0.6 is 0 Å². The first-order chi connectivity index (χ1) is 8.89. The summed E-state index contributed by atoms with van der Waals surface area (Å²) in [4.78, 5) is 17.1. The van der Waals surface area contributed by atoms with Crippen LogP contribution in [0, 0.1) is 5.92 Å². The zero-order chi connectivity index (χ0) is 14.0. The van der Waals surface area contributed by atoms with E-state index < -0.39 is 18.0 Å². The Balaban J connectivity index is 2.14. The van der Waals surface area contributed by atoms with Crippen LogP contribution in [0.4, 0.5) is 18.9 Å². The molecule has 0 radical (unpaired) electrons. The van der Waals surface area contributed by atoms with Crippen LogP contribution in [0.25, 0.3) is 0 Å². The van der Waals surface area contributed by atoms with Gasteiger partial charge in [-0.25, -0.2) is 0 Å². The molecular formula is C12H14F3N3O. The lowest BCUT2D eigenvalue weighted by molar-refractivity contribution is -0.184. The summed E-state index contributed by atoms with van der Waals surface area (Å²) in [5.41, 5.74) is 6.03. The van der Waals surface area contributed by atoms with Crippen molar-refractivity contribution in [3.05, 3.63) is 24.0 Å². The van der Waals surface area contributed by atoms with Crippen molar-refractivity contribution in [1.29, 1.82) is 0 Å². The Hall–Kier alpha value is -1.79. The van der Waals surface area contributed by atoms with Gasteiger partial charge in [-0.1, -0.05) is 0 Å². The average Bonchev–Trinajstić information content (AvgIpc) is 2.38. The average molecular weight is 273 g/mol. The fraction of sp³-hybridized carbons (Fsp3) is 0.500. The standard InChI is InChI=1S/C12H14F3N3O/c13-12(14,15)8-2-1-5-18(7-8)11(19)9-6-17-4-3-10(9)16/h3-4,6,8H,1-2,5,7H2,(H2,16,17)/t8-/m1/s1. The number of likely N-dealkylation sites (tertiary alicyclic amines) is 1. The molecule has 2 rings (SSSR count). The molecule has 1 saturated heterocycles. The zero-order valence-electron chi connectivity index (χ0n) is 10.2. The Morgan fingerprint density at radius 3 is 2.84 bits per heavy atom. The largest absolute Gasteiger partial charge is 0.398 e. The number of nitrogens with two attached hydrogens (primary N) is 1. The fourth-order valence-corrected chi connectivity index (χ4v) is 2.18. The molecule has 2 heterocycles. The second-order valence-corrected chi connectivity index (χ2v) is 4.59. The van der Waals surface area contributed by atoms with Crippen LogP contribution in [0.5, 0.6) is 0 Å². The molecule has 0 aromatic carbocycles. The van der Waals surface area contributed by atoms with Crippen molar-refractivity contribution in [2.75, 3.05) is 18.8 Å². The van der Waals surface area contributed by atoms with E-state index in [1.807, 2.05) is 0 Å². The van der Waals surface area contributed by atoms with Crippen molar-refractivity contribution < 1.29 is 18.0 Å². The topological polar surface area (TPSA) is 59.2 Å². The molecule has 1 aliphatic heterocycles. The molecule has 1 aromatic heterocycles. The van der Waals surface area contributed by atoms with Crippen LogP contribution in [0.15, 0.2) is 18.5 Å². The molecule has 1 fully saturated rings. The lowest BCUT2D eigenvalue weighted by atomic mass is 9.97. The molecule has 104 valence electrons. The van der Waals surface area contributed by atoms with Crippen LogP contribution in [0.3, 0.4) is 0 Å². The summed E-state index contributed by atoms with van der Waals surface area (Å²) in [5, 5.41) is 0. The molecule has 0 aliphatic carbocycles. The summed E-state index contributed by atoms with van der Waals surface area (Å²) in [7, 11) is 0. The van der Waals surface area contributed by atoms with E-state index in [4.69, 9.17) is 5.73 Å². The first kappa shape index (κ1) is 13.6. The summed E-state index contributed by atoms with van der Waals surface area (Å²) >= 11 is 0. The molecule has 0 saturated carbocycles. The predicted octanol–water partition coefficient (Wildman–Crippen LogP) is 2.08. The third-order valence-corrected chi connectivity index (χ3v) is 3.26. The first-order valence-electron chi connectivity index (χ1n) is 5.95. The van der Waals surface area contributed by atoms with Crippen LogP contribution in [-0.2, 0) is 0 Å². The molecule has 4 nitrogen and oxygen atoms in total. The van der Waals surface area contributed by atoms with Crippen LogP contribution < -0.4 is 5.73 Å². The smallest absolute Gasteiger partial charge is 0.393 e. The SMILES string of the molecule is Nc1ccncc1C(=O)N1CCC[C@@H](C(F)(F)F)C1. The van der Waals surface area contributed by atoms with Gasteiger partial charge >= 0.3 is 6.18 Å². The highest BCUT2D eigenvalue weighted by Crippen LogP contribution is 2.33. The third-order valence-electron chi connectivity index (χ3n) is 3.26. The number of aromatic nitrogens is 1. The number of pyridine rings is 1. The van der Waals surface area contributed by atoms with Gasteiger partial charge in [-0.2, -0.15) is 13.2 Å². The van der Waals surface area contributed by atoms with E-state index in [1.165, 1.54) is 23.4 Å². The Morgan fingerprint density at radius 1 is 1.47 bits per heavy atom. The molecule has 0 spiro atoms. The molecule has 7 heteroatoms. The molecule has 19 heavy (non-hydrogen) atoms. The lowest BCUT2D eigenvalue weighted by Crippen LogP contribution is -2.44. The van der Waals surface area contributed by atoms with Gasteiger partial charge < -0.3 is 10.6 Å². The maximum absolute atomic E-state index is 12.7. The number of piperidine rings is 1. The molecule has 0 unspecified atom stereocenters. The Morgan fingerprint density at radius 2 is 2.21 bits per heavy atom. The molecule has 0 bridgehead atoms. The molecule has 1 atom stereocenters. The Labute approximate surface area is 108 Å². The second-order valence-electron chi connectivity index (χ2n) is 4.59. The lowest BCUT2D eigenvalue weighted by Gasteiger charge is -2.33. The summed E-state index contributed by atoms with van der Waals surface area (Å²) in [6, 6.07) is 1.46. The number of alkyl halides is 3. The van der Waals surface area contributed by atoms with Crippen LogP contribution in [0.1, 0.15) is 23.2 Å². The first-order valence-corrected chi connectivity index (χ1v) is 5.95. The van der Waals surface area contributed by atoms with Crippen molar-refractivity contribution in [2.45, 2.75) is 19.0 Å². The number of hydrogen-bond acceptors (Lipinski definition) is 3. The summed E-state index contributed by atoms with van der Waals surface area (Å²) in [6.07, 6.45) is -1.14. The van der Waals surface area contributed by atoms with Gasteiger partial charge in [0.05, 0.1) is 11.5 Å². The summed E-state index contributed by atoms with van der Waals surface area (Å²) in [5.74, 6) is -1.94. The highest BCUT2D eigenvalue weighted by Gasteiger charge is 2.42. The number of hydrogen-bond donors (Lipinski definition) is 1. The van der Waals surface area contributed by atoms with E-state index in [-0.39, 0.29) is 24.2 Å². The number of nitrogens with zero attached hydrogens (tertiary/aromatic N) is 2. The van der Waals surface area contributed by atoms with Crippen LogP contribution in [-0.4, -0.2) is 35.1 Å². The number of carbonyl (C=O) groups excluding carboxylic acids is 1. The quantitative estimate of drug-likeness (QED) is 0.852. The zero-order valence-corrected chi connectivity index (χ0v) is 10.2. The maximum atomic E-state index is 12.7. The molecule has 1 aliphatic rings. The normalized spacial score (nSPS) is 20.4. The van der Waals surface area contributed by atoms with Gasteiger partial charge in [0.1, 0.15) is 0 Å². The van der Waals surface area contributed by atoms with Gasteiger partial charge in [-0.15, -0.1) is 0 Å². The van der Waals surface area contributed by atoms with Gasteiger partial charge in [-0.05, 0) is 18.9 Å². The van der Waals surface area contributed by atoms with Crippen molar-refractivity contribution >= 4 is 11.6 Å². The van der Waals surface area contributed by atoms with E-state index >= 15 is 0 Å². The molecular weight excluding hydrogens is 259 g/mol. The van der Waals surface area contributed by atoms with Gasteiger partial charge in [0.25, 0.3) is 5.91 Å². The van der Waals surface area contributed by atoms with Gasteiger partial charge in [0.15, 0.2) is 0 Å². The van der Waals surface area contributed by atoms with E-state index in [2.05, 4.69) is 4.98 Å². The predicted molar refractivity (Wildman–Crippen MR) is 63.3 cm³/mol. The minimum absolute atomic E-state index is 0.0653. The maximum Gasteiger partial charge on any atom is 0.393 e. The van der Waals surface area contributed by atoms with Gasteiger partial charge in [-0.3, -0.25) is 9.78 Å². The van der Waals surface area contributed by atoms with Crippen molar-refractivity contribution in [1.82, 2.24) is 9.88 Å². The van der Waals surface area contributed by atoms with Gasteiger partial charge in [0, 0.05) is 31.2 Å². The van der Waals surface area contributed by atoms with Crippen LogP contribution in [0.2, 0.25) is 0 Å². The number of amides is 1. The van der Waals surface area contributed by atoms with Gasteiger partial charge in [0.2, 0.25) is 0 Å². The summed E-state index contributed by atoms with van der Waals surface area (Å²) in [6.45, 7) is 0.0103. The number of rotatable bonds is 1. The molecule has 2 N–H and O–H groups in total.